The van der Waals surface area contributed by atoms with Crippen LogP contribution in [0.25, 0.3) is 0 Å². The number of nitro benzene ring substituents is 1. The van der Waals surface area contributed by atoms with Gasteiger partial charge in [-0.05, 0) is 18.1 Å². The average molecular weight is 315 g/mol. The molecule has 0 aliphatic heterocycles. The maximum absolute atomic E-state index is 12.5. The van der Waals surface area contributed by atoms with Gasteiger partial charge in [0.05, 0.1) is 9.82 Å². The van der Waals surface area contributed by atoms with Crippen molar-refractivity contribution in [3.8, 4) is 0 Å². The first-order valence-electron chi connectivity index (χ1n) is 6.66. The highest BCUT2D eigenvalue weighted by Crippen LogP contribution is 2.28. The summed E-state index contributed by atoms with van der Waals surface area (Å²) < 4.78 is 26.2. The van der Waals surface area contributed by atoms with Crippen LogP contribution in [0.3, 0.4) is 0 Å². The van der Waals surface area contributed by atoms with Crippen molar-refractivity contribution in [2.24, 2.45) is 5.92 Å². The molecule has 118 valence electrons. The number of hydrogen-bond donors (Lipinski definition) is 1. The van der Waals surface area contributed by atoms with Crippen LogP contribution < -0.4 is 5.32 Å². The quantitative estimate of drug-likeness (QED) is 0.615. The van der Waals surface area contributed by atoms with E-state index < -0.39 is 14.9 Å². The van der Waals surface area contributed by atoms with Gasteiger partial charge < -0.3 is 5.32 Å². The zero-order valence-corrected chi connectivity index (χ0v) is 13.5. The molecule has 0 aromatic heterocycles. The van der Waals surface area contributed by atoms with Gasteiger partial charge in [0.25, 0.3) is 5.69 Å². The number of nitrogens with zero attached hydrogens (tertiary/aromatic N) is 2. The second-order valence-electron chi connectivity index (χ2n) is 4.99. The van der Waals surface area contributed by atoms with Gasteiger partial charge >= 0.3 is 0 Å². The van der Waals surface area contributed by atoms with Gasteiger partial charge in [-0.25, -0.2) is 12.7 Å². The lowest BCUT2D eigenvalue weighted by Gasteiger charge is -2.20. The van der Waals surface area contributed by atoms with Gasteiger partial charge in [0.15, 0.2) is 0 Å². The van der Waals surface area contributed by atoms with E-state index in [1.165, 1.54) is 36.6 Å². The molecule has 0 amide bonds. The van der Waals surface area contributed by atoms with Crippen LogP contribution in [0.2, 0.25) is 0 Å². The van der Waals surface area contributed by atoms with E-state index in [-0.39, 0.29) is 22.2 Å². The number of rotatable bonds is 7. The molecular weight excluding hydrogens is 294 g/mol. The molecule has 0 bridgehead atoms. The van der Waals surface area contributed by atoms with Crippen molar-refractivity contribution in [1.29, 1.82) is 0 Å². The van der Waals surface area contributed by atoms with E-state index in [2.05, 4.69) is 5.32 Å². The highest BCUT2D eigenvalue weighted by atomic mass is 32.2. The first-order chi connectivity index (χ1) is 9.73. The van der Waals surface area contributed by atoms with Crippen LogP contribution >= 0.6 is 0 Å². The topological polar surface area (TPSA) is 92.5 Å². The fourth-order valence-corrected chi connectivity index (χ4v) is 3.20. The van der Waals surface area contributed by atoms with Crippen molar-refractivity contribution in [1.82, 2.24) is 4.31 Å². The van der Waals surface area contributed by atoms with E-state index in [1.54, 1.807) is 0 Å². The third kappa shape index (κ3) is 3.92. The molecule has 0 fully saturated rings. The van der Waals surface area contributed by atoms with Gasteiger partial charge in [-0.1, -0.05) is 20.3 Å². The highest BCUT2D eigenvalue weighted by molar-refractivity contribution is 7.89. The largest absolute Gasteiger partial charge is 0.383 e. The van der Waals surface area contributed by atoms with Gasteiger partial charge in [0.2, 0.25) is 10.0 Å². The van der Waals surface area contributed by atoms with E-state index in [0.29, 0.717) is 6.54 Å². The summed E-state index contributed by atoms with van der Waals surface area (Å²) in [6.45, 7) is 4.38. The van der Waals surface area contributed by atoms with Gasteiger partial charge in [-0.15, -0.1) is 0 Å². The first-order valence-corrected chi connectivity index (χ1v) is 8.10. The van der Waals surface area contributed by atoms with E-state index in [1.807, 2.05) is 13.8 Å². The Morgan fingerprint density at radius 2 is 2.05 bits per heavy atom. The molecule has 8 heteroatoms. The molecular formula is C13H21N3O4S. The van der Waals surface area contributed by atoms with Crippen LogP contribution in [0, 0.1) is 16.0 Å². The summed E-state index contributed by atoms with van der Waals surface area (Å²) in [5.74, 6) is 0.242. The Balaban J connectivity index is 3.17. The molecule has 0 spiro atoms. The maximum atomic E-state index is 12.5. The van der Waals surface area contributed by atoms with Gasteiger partial charge in [-0.3, -0.25) is 10.1 Å². The molecule has 0 aliphatic carbocycles. The van der Waals surface area contributed by atoms with Crippen molar-refractivity contribution < 1.29 is 13.3 Å². The van der Waals surface area contributed by atoms with Crippen molar-refractivity contribution in [2.75, 3.05) is 26.0 Å². The predicted molar refractivity (Wildman–Crippen MR) is 81.9 cm³/mol. The molecule has 1 N–H and O–H groups in total. The third-order valence-corrected chi connectivity index (χ3v) is 5.23. The van der Waals surface area contributed by atoms with E-state index in [4.69, 9.17) is 0 Å². The molecule has 21 heavy (non-hydrogen) atoms. The lowest BCUT2D eigenvalue weighted by Crippen LogP contribution is -2.31. The van der Waals surface area contributed by atoms with E-state index in [9.17, 15) is 18.5 Å². The predicted octanol–water partition coefficient (Wildman–Crippen LogP) is 2.30. The first kappa shape index (κ1) is 17.4. The number of anilines is 1. The molecule has 7 nitrogen and oxygen atoms in total. The minimum atomic E-state index is -3.65. The summed E-state index contributed by atoms with van der Waals surface area (Å²) in [6, 6.07) is 3.76. The Kier molecular flexibility index (Phi) is 5.68. The molecule has 0 saturated heterocycles. The number of nitro groups is 1. The summed E-state index contributed by atoms with van der Waals surface area (Å²) in [5.41, 5.74) is 0.0269. The highest BCUT2D eigenvalue weighted by Gasteiger charge is 2.24. The van der Waals surface area contributed by atoms with Gasteiger partial charge in [-0.2, -0.15) is 0 Å². The molecule has 1 unspecified atom stereocenters. The third-order valence-electron chi connectivity index (χ3n) is 3.41. The van der Waals surface area contributed by atoms with Crippen molar-refractivity contribution in [3.63, 3.8) is 0 Å². The number of hydrogen-bond acceptors (Lipinski definition) is 5. The zero-order chi connectivity index (χ0) is 16.2. The van der Waals surface area contributed by atoms with Crippen LogP contribution in [0.4, 0.5) is 11.4 Å². The molecule has 0 aliphatic rings. The number of nitrogens with one attached hydrogen (secondary N) is 1. The minimum absolute atomic E-state index is 0.0447. The van der Waals surface area contributed by atoms with E-state index in [0.717, 1.165) is 6.42 Å². The lowest BCUT2D eigenvalue weighted by molar-refractivity contribution is -0.384. The Hall–Kier alpha value is -1.67. The Morgan fingerprint density at radius 3 is 2.52 bits per heavy atom. The van der Waals surface area contributed by atoms with Crippen molar-refractivity contribution in [3.05, 3.63) is 28.3 Å². The van der Waals surface area contributed by atoms with E-state index >= 15 is 0 Å². The summed E-state index contributed by atoms with van der Waals surface area (Å²) >= 11 is 0. The van der Waals surface area contributed by atoms with Crippen LogP contribution in [0.15, 0.2) is 23.1 Å². The Bertz CT molecular complexity index is 616. The minimum Gasteiger partial charge on any atom is -0.383 e. The van der Waals surface area contributed by atoms with Crippen molar-refractivity contribution >= 4 is 21.4 Å². The lowest BCUT2D eigenvalue weighted by atomic mass is 10.1. The molecule has 0 radical (unpaired) electrons. The number of benzene rings is 1. The van der Waals surface area contributed by atoms with Crippen LogP contribution in [-0.2, 0) is 10.0 Å². The SMILES string of the molecule is CCC(C)CN(C)S(=O)(=O)c1ccc([N+](=O)[O-])c(NC)c1. The Labute approximate surface area is 125 Å². The van der Waals surface area contributed by atoms with Crippen LogP contribution in [-0.4, -0.2) is 38.3 Å². The maximum Gasteiger partial charge on any atom is 0.292 e. The standard InChI is InChI=1S/C13H21N3O4S/c1-5-10(2)9-15(4)21(19,20)11-6-7-13(16(17)18)12(8-11)14-3/h6-8,10,14H,5,9H2,1-4H3. The second kappa shape index (κ2) is 6.86. The molecule has 1 atom stereocenters. The summed E-state index contributed by atoms with van der Waals surface area (Å²) in [4.78, 5) is 10.4. The molecule has 1 rings (SSSR count). The van der Waals surface area contributed by atoms with Gasteiger partial charge in [0, 0.05) is 26.7 Å². The van der Waals surface area contributed by atoms with Crippen LogP contribution in [0.1, 0.15) is 20.3 Å². The summed E-state index contributed by atoms with van der Waals surface area (Å²) in [7, 11) is -0.617. The number of sulfonamides is 1. The zero-order valence-electron chi connectivity index (χ0n) is 12.7. The van der Waals surface area contributed by atoms with Crippen LogP contribution in [0.5, 0.6) is 0 Å². The molecule has 1 aromatic rings. The summed E-state index contributed by atoms with van der Waals surface area (Å²) in [6.07, 6.45) is 0.877. The smallest absolute Gasteiger partial charge is 0.292 e. The molecule has 0 heterocycles. The summed E-state index contributed by atoms with van der Waals surface area (Å²) in [5, 5.41) is 13.5. The average Bonchev–Trinajstić information content (AvgIpc) is 2.45. The fraction of sp³-hybridized carbons (Fsp3) is 0.538. The molecule has 1 aromatic carbocycles. The second-order valence-corrected chi connectivity index (χ2v) is 7.03. The monoisotopic (exact) mass is 315 g/mol. The van der Waals surface area contributed by atoms with Crippen molar-refractivity contribution in [2.45, 2.75) is 25.2 Å². The normalized spacial score (nSPS) is 13.2. The Morgan fingerprint density at radius 1 is 1.43 bits per heavy atom. The molecule has 0 saturated carbocycles. The van der Waals surface area contributed by atoms with Gasteiger partial charge in [0.1, 0.15) is 5.69 Å². The fourth-order valence-electron chi connectivity index (χ4n) is 1.88.